The number of nitrogens with two attached hydrogens (primary N) is 1. The molecule has 0 aliphatic heterocycles. The van der Waals surface area contributed by atoms with Gasteiger partial charge in [-0.15, -0.1) is 0 Å². The van der Waals surface area contributed by atoms with E-state index in [1.165, 1.54) is 21.3 Å². The quantitative estimate of drug-likeness (QED) is 0.761. The van der Waals surface area contributed by atoms with E-state index in [1.807, 2.05) is 30.3 Å². The van der Waals surface area contributed by atoms with Crippen molar-refractivity contribution in [2.75, 3.05) is 33.6 Å². The summed E-state index contributed by atoms with van der Waals surface area (Å²) in [5.74, 6) is 0.739. The van der Waals surface area contributed by atoms with Crippen LogP contribution in [0.15, 0.2) is 36.4 Å². The third kappa shape index (κ3) is 3.71. The van der Waals surface area contributed by atoms with E-state index in [2.05, 4.69) is 5.32 Å². The number of ether oxygens (including phenoxy) is 3. The maximum atomic E-state index is 12.4. The van der Waals surface area contributed by atoms with Gasteiger partial charge in [-0.2, -0.15) is 0 Å². The van der Waals surface area contributed by atoms with Crippen LogP contribution in [-0.2, 0) is 6.42 Å². The van der Waals surface area contributed by atoms with Gasteiger partial charge in [0.1, 0.15) is 0 Å². The number of rotatable bonds is 7. The monoisotopic (exact) mass is 330 g/mol. The average Bonchev–Trinajstić information content (AvgIpc) is 2.61. The van der Waals surface area contributed by atoms with Gasteiger partial charge in [0.2, 0.25) is 5.75 Å². The first kappa shape index (κ1) is 17.5. The fourth-order valence-corrected chi connectivity index (χ4v) is 2.43. The van der Waals surface area contributed by atoms with Gasteiger partial charge in [0.05, 0.1) is 32.6 Å². The number of carbonyl (C=O) groups is 1. The standard InChI is InChI=1S/C18H22N2O4/c1-22-14-11-13(15(19)17(24-3)16(14)23-2)18(21)20-10-9-12-7-5-4-6-8-12/h4-8,11H,9-10,19H2,1-3H3,(H,20,21). The van der Waals surface area contributed by atoms with Crippen molar-refractivity contribution in [3.8, 4) is 17.2 Å². The van der Waals surface area contributed by atoms with Gasteiger partial charge in [-0.3, -0.25) is 4.79 Å². The molecule has 0 heterocycles. The molecule has 0 saturated heterocycles. The maximum Gasteiger partial charge on any atom is 0.253 e. The van der Waals surface area contributed by atoms with Crippen molar-refractivity contribution in [3.05, 3.63) is 47.5 Å². The number of hydrogen-bond acceptors (Lipinski definition) is 5. The van der Waals surface area contributed by atoms with Crippen molar-refractivity contribution in [1.29, 1.82) is 0 Å². The predicted molar refractivity (Wildman–Crippen MR) is 93.0 cm³/mol. The molecular weight excluding hydrogens is 308 g/mol. The second-order valence-electron chi connectivity index (χ2n) is 5.10. The first-order valence-electron chi connectivity index (χ1n) is 7.53. The normalized spacial score (nSPS) is 10.1. The van der Waals surface area contributed by atoms with Crippen LogP contribution in [0.25, 0.3) is 0 Å². The molecule has 0 bridgehead atoms. The lowest BCUT2D eigenvalue weighted by Crippen LogP contribution is -2.26. The van der Waals surface area contributed by atoms with Gasteiger partial charge in [-0.1, -0.05) is 30.3 Å². The molecule has 0 aliphatic carbocycles. The second kappa shape index (κ2) is 8.10. The summed E-state index contributed by atoms with van der Waals surface area (Å²) >= 11 is 0. The molecule has 0 radical (unpaired) electrons. The second-order valence-corrected chi connectivity index (χ2v) is 5.10. The minimum absolute atomic E-state index is 0.215. The van der Waals surface area contributed by atoms with Crippen LogP contribution in [0.3, 0.4) is 0 Å². The van der Waals surface area contributed by atoms with Crippen molar-refractivity contribution in [1.82, 2.24) is 5.32 Å². The smallest absolute Gasteiger partial charge is 0.253 e. The molecular formula is C18H22N2O4. The van der Waals surface area contributed by atoms with Crippen LogP contribution in [0.1, 0.15) is 15.9 Å². The molecule has 1 amide bonds. The van der Waals surface area contributed by atoms with E-state index in [0.717, 1.165) is 12.0 Å². The van der Waals surface area contributed by atoms with E-state index < -0.39 is 0 Å². The van der Waals surface area contributed by atoms with E-state index in [1.54, 1.807) is 6.07 Å². The van der Waals surface area contributed by atoms with E-state index in [4.69, 9.17) is 19.9 Å². The number of carbonyl (C=O) groups excluding carboxylic acids is 1. The minimum atomic E-state index is -0.289. The molecule has 6 nitrogen and oxygen atoms in total. The number of methoxy groups -OCH3 is 3. The minimum Gasteiger partial charge on any atom is -0.493 e. The molecule has 2 aromatic carbocycles. The number of benzene rings is 2. The number of anilines is 1. The Balaban J connectivity index is 2.16. The van der Waals surface area contributed by atoms with E-state index >= 15 is 0 Å². The summed E-state index contributed by atoms with van der Waals surface area (Å²) in [7, 11) is 4.44. The van der Waals surface area contributed by atoms with Crippen molar-refractivity contribution in [3.63, 3.8) is 0 Å². The zero-order valence-electron chi connectivity index (χ0n) is 14.1. The lowest BCUT2D eigenvalue weighted by Gasteiger charge is -2.17. The summed E-state index contributed by atoms with van der Waals surface area (Å²) in [6.45, 7) is 0.499. The summed E-state index contributed by atoms with van der Waals surface area (Å²) in [4.78, 5) is 12.4. The van der Waals surface area contributed by atoms with Gasteiger partial charge >= 0.3 is 0 Å². The average molecular weight is 330 g/mol. The Bertz CT molecular complexity index is 702. The molecule has 0 unspecified atom stereocenters. The van der Waals surface area contributed by atoms with Crippen LogP contribution in [-0.4, -0.2) is 33.8 Å². The summed E-state index contributed by atoms with van der Waals surface area (Å²) < 4.78 is 15.8. The van der Waals surface area contributed by atoms with Gasteiger partial charge in [0, 0.05) is 6.54 Å². The highest BCUT2D eigenvalue weighted by molar-refractivity contribution is 6.01. The Hall–Kier alpha value is -2.89. The number of amides is 1. The Morgan fingerprint density at radius 1 is 1.04 bits per heavy atom. The van der Waals surface area contributed by atoms with Gasteiger partial charge in [-0.25, -0.2) is 0 Å². The van der Waals surface area contributed by atoms with Gasteiger partial charge < -0.3 is 25.3 Å². The highest BCUT2D eigenvalue weighted by Crippen LogP contribution is 2.43. The van der Waals surface area contributed by atoms with E-state index in [-0.39, 0.29) is 22.9 Å². The lowest BCUT2D eigenvalue weighted by molar-refractivity contribution is 0.0954. The summed E-state index contributed by atoms with van der Waals surface area (Å²) in [5.41, 5.74) is 7.71. The predicted octanol–water partition coefficient (Wildman–Crippen LogP) is 2.27. The SMILES string of the molecule is COc1cc(C(=O)NCCc2ccccc2)c(N)c(OC)c1OC. The van der Waals surface area contributed by atoms with Crippen molar-refractivity contribution in [2.24, 2.45) is 0 Å². The van der Waals surface area contributed by atoms with Crippen molar-refractivity contribution >= 4 is 11.6 Å². The van der Waals surface area contributed by atoms with Gasteiger partial charge in [0.15, 0.2) is 11.5 Å². The van der Waals surface area contributed by atoms with Gasteiger partial charge in [0.25, 0.3) is 5.91 Å². The summed E-state index contributed by atoms with van der Waals surface area (Å²) in [5, 5.41) is 2.86. The van der Waals surface area contributed by atoms with E-state index in [9.17, 15) is 4.79 Å². The Morgan fingerprint density at radius 2 is 1.71 bits per heavy atom. The molecule has 0 spiro atoms. The van der Waals surface area contributed by atoms with Gasteiger partial charge in [-0.05, 0) is 18.1 Å². The molecule has 0 saturated carbocycles. The molecule has 128 valence electrons. The molecule has 2 aromatic rings. The number of nitrogens with one attached hydrogen (secondary N) is 1. The van der Waals surface area contributed by atoms with Crippen LogP contribution < -0.4 is 25.3 Å². The zero-order valence-corrected chi connectivity index (χ0v) is 14.1. The zero-order chi connectivity index (χ0) is 17.5. The molecule has 6 heteroatoms. The third-order valence-electron chi connectivity index (χ3n) is 3.66. The Labute approximate surface area is 141 Å². The topological polar surface area (TPSA) is 82.8 Å². The molecule has 0 fully saturated rings. The highest BCUT2D eigenvalue weighted by Gasteiger charge is 2.22. The maximum absolute atomic E-state index is 12.4. The largest absolute Gasteiger partial charge is 0.493 e. The highest BCUT2D eigenvalue weighted by atomic mass is 16.5. The fourth-order valence-electron chi connectivity index (χ4n) is 2.43. The Morgan fingerprint density at radius 3 is 2.29 bits per heavy atom. The third-order valence-corrected chi connectivity index (χ3v) is 3.66. The first-order valence-corrected chi connectivity index (χ1v) is 7.53. The first-order chi connectivity index (χ1) is 11.6. The number of hydrogen-bond donors (Lipinski definition) is 2. The van der Waals surface area contributed by atoms with Crippen molar-refractivity contribution in [2.45, 2.75) is 6.42 Å². The van der Waals surface area contributed by atoms with Crippen LogP contribution in [0.4, 0.5) is 5.69 Å². The molecule has 24 heavy (non-hydrogen) atoms. The molecule has 0 aliphatic rings. The van der Waals surface area contributed by atoms with Crippen LogP contribution in [0.2, 0.25) is 0 Å². The van der Waals surface area contributed by atoms with Crippen molar-refractivity contribution < 1.29 is 19.0 Å². The van der Waals surface area contributed by atoms with E-state index in [0.29, 0.717) is 18.0 Å². The molecule has 0 aromatic heterocycles. The molecule has 3 N–H and O–H groups in total. The van der Waals surface area contributed by atoms with Crippen LogP contribution in [0, 0.1) is 0 Å². The van der Waals surface area contributed by atoms with Crippen LogP contribution in [0.5, 0.6) is 17.2 Å². The Kier molecular flexibility index (Phi) is 5.89. The molecule has 2 rings (SSSR count). The number of nitrogen functional groups attached to an aromatic ring is 1. The lowest BCUT2D eigenvalue weighted by atomic mass is 10.1. The fraction of sp³-hybridized carbons (Fsp3) is 0.278. The summed E-state index contributed by atoms with van der Waals surface area (Å²) in [6.07, 6.45) is 0.733. The van der Waals surface area contributed by atoms with Crippen LogP contribution >= 0.6 is 0 Å². The molecule has 0 atom stereocenters. The summed E-state index contributed by atoms with van der Waals surface area (Å²) in [6, 6.07) is 11.5.